The molecule has 2 amide bonds. The Morgan fingerprint density at radius 2 is 1.85 bits per heavy atom. The van der Waals surface area contributed by atoms with Gasteiger partial charge in [-0.15, -0.1) is 0 Å². The molecule has 1 fully saturated rings. The summed E-state index contributed by atoms with van der Waals surface area (Å²) in [5.74, 6) is -0.354. The summed E-state index contributed by atoms with van der Waals surface area (Å²) in [7, 11) is 0. The normalized spacial score (nSPS) is 21.7. The maximum atomic E-state index is 14.0. The van der Waals surface area contributed by atoms with Crippen LogP contribution in [0.4, 0.5) is 23.7 Å². The van der Waals surface area contributed by atoms with Crippen LogP contribution in [0.3, 0.4) is 0 Å². The number of benzene rings is 2. The van der Waals surface area contributed by atoms with Gasteiger partial charge in [0.25, 0.3) is 0 Å². The molecule has 1 spiro atoms. The lowest BCUT2D eigenvalue weighted by molar-refractivity contribution is -0.153. The van der Waals surface area contributed by atoms with Crippen molar-refractivity contribution >= 4 is 17.7 Å². The minimum atomic E-state index is -4.61. The van der Waals surface area contributed by atoms with Crippen molar-refractivity contribution in [3.8, 4) is 11.5 Å². The van der Waals surface area contributed by atoms with Gasteiger partial charge in [-0.3, -0.25) is 4.79 Å². The van der Waals surface area contributed by atoms with Crippen molar-refractivity contribution in [3.05, 3.63) is 77.2 Å². The van der Waals surface area contributed by atoms with E-state index in [1.54, 1.807) is 35.2 Å². The van der Waals surface area contributed by atoms with Gasteiger partial charge in [0.15, 0.2) is 0 Å². The van der Waals surface area contributed by atoms with Crippen molar-refractivity contribution in [2.45, 2.75) is 57.0 Å². The van der Waals surface area contributed by atoms with Gasteiger partial charge in [-0.2, -0.15) is 13.2 Å². The second-order valence-electron chi connectivity index (χ2n) is 11.5. The molecule has 1 saturated heterocycles. The van der Waals surface area contributed by atoms with Crippen LogP contribution < -0.4 is 14.4 Å². The fourth-order valence-corrected chi connectivity index (χ4v) is 5.67. The molecule has 2 atom stereocenters. The lowest BCUT2D eigenvalue weighted by atomic mass is 9.77. The molecule has 3 aliphatic rings. The van der Waals surface area contributed by atoms with Crippen LogP contribution in [0.15, 0.2) is 59.0 Å². The second kappa shape index (κ2) is 9.46. The molecular weight excluding hydrogens is 541 g/mol. The Labute approximate surface area is 234 Å². The number of ether oxygens (including phenoxy) is 3. The highest BCUT2D eigenvalue weighted by Crippen LogP contribution is 2.53. The summed E-state index contributed by atoms with van der Waals surface area (Å²) >= 11 is 0. The lowest BCUT2D eigenvalue weighted by Gasteiger charge is -2.24. The Hall–Kier alpha value is -4.15. The molecule has 8 nitrogen and oxygen atoms in total. The SMILES string of the molecule is CC(C)(C)OC(=O)N1CCC(Oc2ccc3c(c2)OCC32C(=O)N(Cc3ccc(C(F)(F)F)o3)c3ccccc32)C1. The highest BCUT2D eigenvalue weighted by atomic mass is 19.4. The molecule has 0 saturated carbocycles. The third kappa shape index (κ3) is 4.76. The number of rotatable bonds is 4. The predicted octanol–water partition coefficient (Wildman–Crippen LogP) is 5.91. The highest BCUT2D eigenvalue weighted by Gasteiger charge is 2.57. The van der Waals surface area contributed by atoms with Crippen LogP contribution in [0.5, 0.6) is 11.5 Å². The summed E-state index contributed by atoms with van der Waals surface area (Å²) in [6.45, 7) is 6.25. The van der Waals surface area contributed by atoms with E-state index in [0.717, 1.165) is 6.07 Å². The number of halogens is 3. The third-order valence-corrected chi connectivity index (χ3v) is 7.48. The summed E-state index contributed by atoms with van der Waals surface area (Å²) < 4.78 is 61.9. The topological polar surface area (TPSA) is 81.4 Å². The number of carbonyl (C=O) groups excluding carboxylic acids is 2. The Balaban J connectivity index is 1.22. The Morgan fingerprint density at radius 3 is 2.59 bits per heavy atom. The highest BCUT2D eigenvalue weighted by molar-refractivity contribution is 6.11. The van der Waals surface area contributed by atoms with Gasteiger partial charge in [-0.1, -0.05) is 24.3 Å². The van der Waals surface area contributed by atoms with Crippen LogP contribution in [-0.4, -0.2) is 48.3 Å². The molecule has 0 radical (unpaired) electrons. The number of hydrogen-bond donors (Lipinski definition) is 0. The van der Waals surface area contributed by atoms with E-state index in [1.807, 2.05) is 32.9 Å². The van der Waals surface area contributed by atoms with Gasteiger partial charge in [0.1, 0.15) is 41.0 Å². The number of carbonyl (C=O) groups is 2. The third-order valence-electron chi connectivity index (χ3n) is 7.48. The first-order chi connectivity index (χ1) is 19.3. The Kier molecular flexibility index (Phi) is 6.24. The number of nitrogens with zero attached hydrogens (tertiary/aromatic N) is 2. The molecule has 11 heteroatoms. The van der Waals surface area contributed by atoms with Gasteiger partial charge < -0.3 is 28.4 Å². The minimum absolute atomic E-state index is 0.0254. The molecule has 2 unspecified atom stereocenters. The molecule has 0 aliphatic carbocycles. The number of furan rings is 1. The fourth-order valence-electron chi connectivity index (χ4n) is 5.67. The van der Waals surface area contributed by atoms with E-state index in [1.165, 1.54) is 11.0 Å². The van der Waals surface area contributed by atoms with Crippen LogP contribution in [-0.2, 0) is 27.7 Å². The zero-order valence-corrected chi connectivity index (χ0v) is 22.8. The summed E-state index contributed by atoms with van der Waals surface area (Å²) in [4.78, 5) is 29.5. The first-order valence-corrected chi connectivity index (χ1v) is 13.3. The maximum Gasteiger partial charge on any atom is 0.449 e. The fraction of sp³-hybridized carbons (Fsp3) is 0.400. The summed E-state index contributed by atoms with van der Waals surface area (Å²) in [5, 5.41) is 0. The van der Waals surface area contributed by atoms with Crippen LogP contribution in [0.2, 0.25) is 0 Å². The number of hydrogen-bond acceptors (Lipinski definition) is 6. The molecule has 41 heavy (non-hydrogen) atoms. The molecule has 0 bridgehead atoms. The maximum absolute atomic E-state index is 14.0. The van der Waals surface area contributed by atoms with Gasteiger partial charge in [-0.05, 0) is 50.6 Å². The van der Waals surface area contributed by atoms with E-state index < -0.39 is 23.0 Å². The molecule has 3 aliphatic heterocycles. The van der Waals surface area contributed by atoms with E-state index in [4.69, 9.17) is 18.6 Å². The predicted molar refractivity (Wildman–Crippen MR) is 141 cm³/mol. The van der Waals surface area contributed by atoms with Crippen molar-refractivity contribution in [2.24, 2.45) is 0 Å². The Morgan fingerprint density at radius 1 is 1.07 bits per heavy atom. The van der Waals surface area contributed by atoms with Crippen molar-refractivity contribution in [2.75, 3.05) is 24.6 Å². The van der Waals surface area contributed by atoms with Crippen LogP contribution in [0.25, 0.3) is 0 Å². The van der Waals surface area contributed by atoms with Crippen molar-refractivity contribution in [3.63, 3.8) is 0 Å². The number of fused-ring (bicyclic) bond motifs is 4. The number of alkyl halides is 3. The molecule has 6 rings (SSSR count). The number of anilines is 1. The smallest absolute Gasteiger partial charge is 0.449 e. The first-order valence-electron chi connectivity index (χ1n) is 13.3. The molecule has 1 aromatic heterocycles. The molecule has 0 N–H and O–H groups in total. The quantitative estimate of drug-likeness (QED) is 0.388. The van der Waals surface area contributed by atoms with Crippen molar-refractivity contribution < 1.29 is 41.4 Å². The number of para-hydroxylation sites is 1. The van der Waals surface area contributed by atoms with Gasteiger partial charge in [0, 0.05) is 30.3 Å². The van der Waals surface area contributed by atoms with E-state index in [2.05, 4.69) is 0 Å². The van der Waals surface area contributed by atoms with Crippen LogP contribution in [0, 0.1) is 0 Å². The second-order valence-corrected chi connectivity index (χ2v) is 11.5. The summed E-state index contributed by atoms with van der Waals surface area (Å²) in [6, 6.07) is 14.6. The summed E-state index contributed by atoms with van der Waals surface area (Å²) in [5.41, 5.74) is 0.225. The van der Waals surface area contributed by atoms with Gasteiger partial charge >= 0.3 is 12.3 Å². The van der Waals surface area contributed by atoms with Crippen LogP contribution >= 0.6 is 0 Å². The zero-order chi connectivity index (χ0) is 29.2. The van der Waals surface area contributed by atoms with E-state index in [9.17, 15) is 22.8 Å². The first kappa shape index (κ1) is 27.0. The monoisotopic (exact) mass is 570 g/mol. The van der Waals surface area contributed by atoms with Gasteiger partial charge in [0.2, 0.25) is 11.7 Å². The molecule has 4 heterocycles. The van der Waals surface area contributed by atoms with Crippen LogP contribution in [0.1, 0.15) is 49.8 Å². The Bertz CT molecular complexity index is 1510. The molecule has 216 valence electrons. The minimum Gasteiger partial charge on any atom is -0.491 e. The number of amides is 2. The van der Waals surface area contributed by atoms with Crippen molar-refractivity contribution in [1.29, 1.82) is 0 Å². The van der Waals surface area contributed by atoms with E-state index >= 15 is 0 Å². The average Bonchev–Trinajstić information content (AvgIpc) is 3.67. The average molecular weight is 571 g/mol. The largest absolute Gasteiger partial charge is 0.491 e. The molecular formula is C30H29F3N2O6. The summed E-state index contributed by atoms with van der Waals surface area (Å²) in [6.07, 6.45) is -4.58. The molecule has 3 aromatic rings. The van der Waals surface area contributed by atoms with E-state index in [0.29, 0.717) is 47.8 Å². The molecule has 2 aromatic carbocycles. The lowest BCUT2D eigenvalue weighted by Crippen LogP contribution is -2.42. The van der Waals surface area contributed by atoms with Gasteiger partial charge in [-0.25, -0.2) is 4.79 Å². The van der Waals surface area contributed by atoms with E-state index in [-0.39, 0.29) is 37.0 Å². The zero-order valence-electron chi connectivity index (χ0n) is 22.8. The number of likely N-dealkylation sites (tertiary alicyclic amines) is 1. The standard InChI is InChI=1S/C30H29F3N2O6/c1-28(2,3)41-27(37)34-13-12-20(15-34)39-18-8-10-22-24(14-18)38-17-29(22)21-6-4-5-7-23(21)35(26(29)36)16-19-9-11-25(40-19)30(31,32)33/h4-11,14,20H,12-13,15-17H2,1-3H3. The van der Waals surface area contributed by atoms with Crippen molar-refractivity contribution in [1.82, 2.24) is 4.90 Å². The van der Waals surface area contributed by atoms with Gasteiger partial charge in [0.05, 0.1) is 13.1 Å².